The molecule has 0 amide bonds. The number of nitrogens with two attached hydrogens (primary N) is 1. The SMILES string of the molecule is CCOCCN(C)C1(CN)CCN(CC)CC1. The molecule has 1 aliphatic rings. The molecule has 0 unspecified atom stereocenters. The van der Waals surface area contributed by atoms with Crippen molar-refractivity contribution in [3.8, 4) is 0 Å². The summed E-state index contributed by atoms with van der Waals surface area (Å²) in [7, 11) is 2.19. The van der Waals surface area contributed by atoms with Crippen molar-refractivity contribution in [2.75, 3.05) is 53.0 Å². The summed E-state index contributed by atoms with van der Waals surface area (Å²) in [5.74, 6) is 0. The van der Waals surface area contributed by atoms with Gasteiger partial charge in [-0.1, -0.05) is 6.92 Å². The van der Waals surface area contributed by atoms with E-state index in [0.29, 0.717) is 0 Å². The summed E-state index contributed by atoms with van der Waals surface area (Å²) >= 11 is 0. The second-order valence-electron chi connectivity index (χ2n) is 4.98. The fourth-order valence-corrected chi connectivity index (χ4v) is 2.61. The van der Waals surface area contributed by atoms with Crippen LogP contribution >= 0.6 is 0 Å². The molecule has 0 saturated carbocycles. The topological polar surface area (TPSA) is 41.7 Å². The van der Waals surface area contributed by atoms with Crippen LogP contribution in [0.3, 0.4) is 0 Å². The van der Waals surface area contributed by atoms with E-state index < -0.39 is 0 Å². The maximum Gasteiger partial charge on any atom is 0.0593 e. The van der Waals surface area contributed by atoms with Gasteiger partial charge in [-0.15, -0.1) is 0 Å². The van der Waals surface area contributed by atoms with Crippen LogP contribution in [0.2, 0.25) is 0 Å². The molecule has 0 bridgehead atoms. The van der Waals surface area contributed by atoms with E-state index in [1.54, 1.807) is 0 Å². The Hall–Kier alpha value is -0.160. The molecule has 0 radical (unpaired) electrons. The summed E-state index contributed by atoms with van der Waals surface area (Å²) in [6.45, 7) is 11.1. The van der Waals surface area contributed by atoms with Crippen LogP contribution in [0, 0.1) is 0 Å². The molecule has 2 N–H and O–H groups in total. The number of piperidine rings is 1. The smallest absolute Gasteiger partial charge is 0.0593 e. The second-order valence-corrected chi connectivity index (χ2v) is 4.98. The van der Waals surface area contributed by atoms with E-state index in [9.17, 15) is 0 Å². The van der Waals surface area contributed by atoms with Gasteiger partial charge in [0, 0.05) is 25.2 Å². The van der Waals surface area contributed by atoms with Gasteiger partial charge < -0.3 is 15.4 Å². The summed E-state index contributed by atoms with van der Waals surface area (Å²) in [6, 6.07) is 0. The van der Waals surface area contributed by atoms with Gasteiger partial charge in [0.2, 0.25) is 0 Å². The average Bonchev–Trinajstić information content (AvgIpc) is 2.39. The van der Waals surface area contributed by atoms with Crippen LogP contribution in [0.15, 0.2) is 0 Å². The number of rotatable bonds is 7. The molecular formula is C13H29N3O. The fourth-order valence-electron chi connectivity index (χ4n) is 2.61. The quantitative estimate of drug-likeness (QED) is 0.671. The van der Waals surface area contributed by atoms with Gasteiger partial charge in [-0.3, -0.25) is 4.90 Å². The third-order valence-electron chi connectivity index (χ3n) is 4.20. The van der Waals surface area contributed by atoms with Gasteiger partial charge >= 0.3 is 0 Å². The molecule has 1 fully saturated rings. The molecular weight excluding hydrogens is 214 g/mol. The van der Waals surface area contributed by atoms with Crippen molar-refractivity contribution in [1.29, 1.82) is 0 Å². The Bertz CT molecular complexity index is 203. The van der Waals surface area contributed by atoms with Crippen LogP contribution in [0.5, 0.6) is 0 Å². The molecule has 0 aromatic carbocycles. The van der Waals surface area contributed by atoms with Crippen LogP contribution in [0.4, 0.5) is 0 Å². The lowest BCUT2D eigenvalue weighted by molar-refractivity contribution is 0.0241. The zero-order chi connectivity index (χ0) is 12.7. The number of likely N-dealkylation sites (tertiary alicyclic amines) is 1. The minimum absolute atomic E-state index is 0.197. The molecule has 0 aromatic rings. The van der Waals surface area contributed by atoms with Gasteiger partial charge in [-0.2, -0.15) is 0 Å². The summed E-state index contributed by atoms with van der Waals surface area (Å²) in [5, 5.41) is 0. The molecule has 0 spiro atoms. The molecule has 1 saturated heterocycles. The number of likely N-dealkylation sites (N-methyl/N-ethyl adjacent to an activating group) is 1. The molecule has 1 heterocycles. The Labute approximate surface area is 106 Å². The Morgan fingerprint density at radius 3 is 2.41 bits per heavy atom. The molecule has 1 rings (SSSR count). The number of ether oxygens (including phenoxy) is 1. The predicted octanol–water partition coefficient (Wildman–Crippen LogP) is 0.768. The Morgan fingerprint density at radius 1 is 1.29 bits per heavy atom. The van der Waals surface area contributed by atoms with E-state index >= 15 is 0 Å². The highest BCUT2D eigenvalue weighted by Gasteiger charge is 2.36. The maximum absolute atomic E-state index is 6.03. The Balaban J connectivity index is 2.45. The minimum atomic E-state index is 0.197. The Kier molecular flexibility index (Phi) is 6.41. The van der Waals surface area contributed by atoms with E-state index in [-0.39, 0.29) is 5.54 Å². The molecule has 17 heavy (non-hydrogen) atoms. The highest BCUT2D eigenvalue weighted by molar-refractivity contribution is 4.95. The number of hydrogen-bond donors (Lipinski definition) is 1. The molecule has 0 aromatic heterocycles. The molecule has 0 aliphatic carbocycles. The molecule has 4 nitrogen and oxygen atoms in total. The van der Waals surface area contributed by atoms with E-state index in [4.69, 9.17) is 10.5 Å². The highest BCUT2D eigenvalue weighted by atomic mass is 16.5. The molecule has 0 atom stereocenters. The van der Waals surface area contributed by atoms with Gasteiger partial charge in [0.1, 0.15) is 0 Å². The van der Waals surface area contributed by atoms with Crippen molar-refractivity contribution >= 4 is 0 Å². The number of hydrogen-bond acceptors (Lipinski definition) is 4. The standard InChI is InChI=1S/C13H29N3O/c1-4-16-8-6-13(12-14,7-9-16)15(3)10-11-17-5-2/h4-12,14H2,1-3H3. The normalized spacial score (nSPS) is 21.0. The van der Waals surface area contributed by atoms with Crippen molar-refractivity contribution in [3.05, 3.63) is 0 Å². The Morgan fingerprint density at radius 2 is 1.94 bits per heavy atom. The largest absolute Gasteiger partial charge is 0.380 e. The van der Waals surface area contributed by atoms with E-state index in [2.05, 4.69) is 23.8 Å². The van der Waals surface area contributed by atoms with Crippen LogP contribution in [-0.4, -0.2) is 68.3 Å². The highest BCUT2D eigenvalue weighted by Crippen LogP contribution is 2.26. The minimum Gasteiger partial charge on any atom is -0.380 e. The zero-order valence-electron chi connectivity index (χ0n) is 11.7. The first kappa shape index (κ1) is 14.9. The van der Waals surface area contributed by atoms with E-state index in [1.165, 1.54) is 25.9 Å². The monoisotopic (exact) mass is 243 g/mol. The van der Waals surface area contributed by atoms with Crippen molar-refractivity contribution in [2.24, 2.45) is 5.73 Å². The summed E-state index contributed by atoms with van der Waals surface area (Å²) in [4.78, 5) is 4.92. The van der Waals surface area contributed by atoms with Gasteiger partial charge in [0.15, 0.2) is 0 Å². The summed E-state index contributed by atoms with van der Waals surface area (Å²) in [6.07, 6.45) is 2.36. The molecule has 1 aliphatic heterocycles. The lowest BCUT2D eigenvalue weighted by Crippen LogP contribution is -2.58. The first-order valence-corrected chi connectivity index (χ1v) is 6.90. The summed E-state index contributed by atoms with van der Waals surface area (Å²) in [5.41, 5.74) is 6.23. The van der Waals surface area contributed by atoms with Crippen LogP contribution in [0.1, 0.15) is 26.7 Å². The van der Waals surface area contributed by atoms with Crippen molar-refractivity contribution in [2.45, 2.75) is 32.2 Å². The van der Waals surface area contributed by atoms with Crippen molar-refractivity contribution in [1.82, 2.24) is 9.80 Å². The third kappa shape index (κ3) is 3.91. The second kappa shape index (κ2) is 7.31. The lowest BCUT2D eigenvalue weighted by Gasteiger charge is -2.46. The van der Waals surface area contributed by atoms with Crippen LogP contribution < -0.4 is 5.73 Å². The third-order valence-corrected chi connectivity index (χ3v) is 4.20. The van der Waals surface area contributed by atoms with E-state index in [0.717, 1.165) is 32.8 Å². The van der Waals surface area contributed by atoms with Gasteiger partial charge in [-0.05, 0) is 46.4 Å². The lowest BCUT2D eigenvalue weighted by atomic mass is 9.86. The van der Waals surface area contributed by atoms with Crippen LogP contribution in [-0.2, 0) is 4.74 Å². The van der Waals surface area contributed by atoms with Crippen LogP contribution in [0.25, 0.3) is 0 Å². The predicted molar refractivity (Wildman–Crippen MR) is 72.3 cm³/mol. The first-order chi connectivity index (χ1) is 8.18. The summed E-state index contributed by atoms with van der Waals surface area (Å²) < 4.78 is 5.43. The van der Waals surface area contributed by atoms with E-state index in [1.807, 2.05) is 6.92 Å². The van der Waals surface area contributed by atoms with Crippen molar-refractivity contribution < 1.29 is 4.74 Å². The average molecular weight is 243 g/mol. The van der Waals surface area contributed by atoms with Crippen molar-refractivity contribution in [3.63, 3.8) is 0 Å². The van der Waals surface area contributed by atoms with Gasteiger partial charge in [-0.25, -0.2) is 0 Å². The maximum atomic E-state index is 6.03. The fraction of sp³-hybridized carbons (Fsp3) is 1.00. The van der Waals surface area contributed by atoms with Gasteiger partial charge in [0.05, 0.1) is 6.61 Å². The zero-order valence-corrected chi connectivity index (χ0v) is 11.7. The molecule has 4 heteroatoms. The number of nitrogens with zero attached hydrogens (tertiary/aromatic N) is 2. The van der Waals surface area contributed by atoms with Gasteiger partial charge in [0.25, 0.3) is 0 Å². The first-order valence-electron chi connectivity index (χ1n) is 6.90. The molecule has 102 valence electrons.